The summed E-state index contributed by atoms with van der Waals surface area (Å²) in [6.45, 7) is 2.25. The van der Waals surface area contributed by atoms with Gasteiger partial charge in [0.2, 0.25) is 0 Å². The summed E-state index contributed by atoms with van der Waals surface area (Å²) < 4.78 is 0. The summed E-state index contributed by atoms with van der Waals surface area (Å²) >= 11 is 6.03. The van der Waals surface area contributed by atoms with Crippen molar-refractivity contribution in [2.24, 2.45) is 5.73 Å². The van der Waals surface area contributed by atoms with Crippen LogP contribution in [0, 0.1) is 6.92 Å². The van der Waals surface area contributed by atoms with Crippen molar-refractivity contribution >= 4 is 23.2 Å². The van der Waals surface area contributed by atoms with Gasteiger partial charge in [-0.2, -0.15) is 0 Å². The van der Waals surface area contributed by atoms with Gasteiger partial charge in [0, 0.05) is 22.8 Å². The highest BCUT2D eigenvalue weighted by Crippen LogP contribution is 2.21. The van der Waals surface area contributed by atoms with Crippen LogP contribution in [-0.2, 0) is 6.54 Å². The van der Waals surface area contributed by atoms with E-state index in [1.165, 1.54) is 0 Å². The number of halogens is 1. The van der Waals surface area contributed by atoms with Gasteiger partial charge in [0.15, 0.2) is 0 Å². The van der Waals surface area contributed by atoms with E-state index in [1.54, 1.807) is 12.1 Å². The largest absolute Gasteiger partial charge is 0.326 e. The first-order chi connectivity index (χ1) is 9.11. The van der Waals surface area contributed by atoms with Gasteiger partial charge < -0.3 is 11.1 Å². The molecule has 0 spiro atoms. The second-order valence-corrected chi connectivity index (χ2v) is 4.69. The molecule has 3 N–H and O–H groups in total. The van der Waals surface area contributed by atoms with E-state index >= 15 is 0 Å². The molecule has 0 unspecified atom stereocenters. The summed E-state index contributed by atoms with van der Waals surface area (Å²) in [4.78, 5) is 12.2. The quantitative estimate of drug-likeness (QED) is 0.902. The lowest BCUT2D eigenvalue weighted by Gasteiger charge is -2.09. The van der Waals surface area contributed by atoms with E-state index in [2.05, 4.69) is 5.32 Å². The monoisotopic (exact) mass is 274 g/mol. The third-order valence-electron chi connectivity index (χ3n) is 2.91. The molecule has 2 aromatic rings. The van der Waals surface area contributed by atoms with Crippen molar-refractivity contribution < 1.29 is 4.79 Å². The van der Waals surface area contributed by atoms with Crippen LogP contribution in [0.3, 0.4) is 0 Å². The van der Waals surface area contributed by atoms with Gasteiger partial charge in [-0.1, -0.05) is 35.9 Å². The van der Waals surface area contributed by atoms with Gasteiger partial charge >= 0.3 is 0 Å². The van der Waals surface area contributed by atoms with Gasteiger partial charge in [-0.3, -0.25) is 4.79 Å². The average molecular weight is 275 g/mol. The second-order valence-electron chi connectivity index (χ2n) is 4.28. The van der Waals surface area contributed by atoms with Crippen molar-refractivity contribution in [2.75, 3.05) is 5.32 Å². The van der Waals surface area contributed by atoms with Gasteiger partial charge in [0.1, 0.15) is 0 Å². The number of rotatable bonds is 3. The summed E-state index contributed by atoms with van der Waals surface area (Å²) in [6.07, 6.45) is 0. The van der Waals surface area contributed by atoms with Crippen molar-refractivity contribution in [3.8, 4) is 0 Å². The number of hydrogen-bond acceptors (Lipinski definition) is 2. The minimum atomic E-state index is -0.180. The molecule has 0 radical (unpaired) electrons. The van der Waals surface area contributed by atoms with Gasteiger partial charge in [-0.25, -0.2) is 0 Å². The number of carbonyl (C=O) groups excluding carboxylic acids is 1. The zero-order chi connectivity index (χ0) is 13.8. The number of aryl methyl sites for hydroxylation is 1. The molecule has 3 nitrogen and oxygen atoms in total. The minimum absolute atomic E-state index is 0.180. The highest BCUT2D eigenvalue weighted by atomic mass is 35.5. The molecule has 0 saturated carbocycles. The van der Waals surface area contributed by atoms with E-state index in [0.717, 1.165) is 11.1 Å². The molecule has 0 aliphatic carbocycles. The van der Waals surface area contributed by atoms with E-state index in [0.29, 0.717) is 22.8 Å². The van der Waals surface area contributed by atoms with Crippen LogP contribution in [0.2, 0.25) is 5.02 Å². The van der Waals surface area contributed by atoms with Crippen molar-refractivity contribution in [3.05, 3.63) is 64.2 Å². The molecule has 4 heteroatoms. The first-order valence-electron chi connectivity index (χ1n) is 5.97. The van der Waals surface area contributed by atoms with Gasteiger partial charge in [-0.05, 0) is 36.2 Å². The fraction of sp³-hybridized carbons (Fsp3) is 0.133. The number of benzene rings is 2. The van der Waals surface area contributed by atoms with Crippen LogP contribution in [0.1, 0.15) is 21.5 Å². The molecule has 0 heterocycles. The molecule has 98 valence electrons. The fourth-order valence-corrected chi connectivity index (χ4v) is 1.97. The summed E-state index contributed by atoms with van der Waals surface area (Å²) in [5, 5.41) is 3.45. The first-order valence-corrected chi connectivity index (χ1v) is 6.35. The summed E-state index contributed by atoms with van der Waals surface area (Å²) in [5.41, 5.74) is 8.68. The number of nitrogens with two attached hydrogens (primary N) is 1. The molecule has 0 saturated heterocycles. The van der Waals surface area contributed by atoms with Crippen molar-refractivity contribution in [3.63, 3.8) is 0 Å². The maximum Gasteiger partial charge on any atom is 0.255 e. The maximum absolute atomic E-state index is 12.2. The Morgan fingerprint density at radius 3 is 2.68 bits per heavy atom. The summed E-state index contributed by atoms with van der Waals surface area (Å²) in [7, 11) is 0. The standard InChI is InChI=1S/C15H15ClN2O/c1-10-6-7-12(8-14(10)16)18-15(19)13-5-3-2-4-11(13)9-17/h2-8H,9,17H2,1H3,(H,18,19). The minimum Gasteiger partial charge on any atom is -0.326 e. The molecule has 19 heavy (non-hydrogen) atoms. The summed E-state index contributed by atoms with van der Waals surface area (Å²) in [5.74, 6) is -0.180. The average Bonchev–Trinajstić information content (AvgIpc) is 2.43. The number of amides is 1. The topological polar surface area (TPSA) is 55.1 Å². The first kappa shape index (κ1) is 13.6. The second kappa shape index (κ2) is 5.87. The van der Waals surface area contributed by atoms with E-state index in [4.69, 9.17) is 17.3 Å². The Morgan fingerprint density at radius 2 is 2.00 bits per heavy atom. The van der Waals surface area contributed by atoms with E-state index in [1.807, 2.05) is 37.3 Å². The van der Waals surface area contributed by atoms with E-state index in [9.17, 15) is 4.79 Å². The SMILES string of the molecule is Cc1ccc(NC(=O)c2ccccc2CN)cc1Cl. The Balaban J connectivity index is 2.23. The van der Waals surface area contributed by atoms with E-state index in [-0.39, 0.29) is 5.91 Å². The predicted molar refractivity (Wildman–Crippen MR) is 78.5 cm³/mol. The predicted octanol–water partition coefficient (Wildman–Crippen LogP) is 3.36. The molecule has 0 aromatic heterocycles. The zero-order valence-corrected chi connectivity index (χ0v) is 11.4. The van der Waals surface area contributed by atoms with Crippen molar-refractivity contribution in [2.45, 2.75) is 13.5 Å². The zero-order valence-electron chi connectivity index (χ0n) is 10.6. The lowest BCUT2D eigenvalue weighted by atomic mass is 10.1. The lowest BCUT2D eigenvalue weighted by Crippen LogP contribution is -2.15. The number of nitrogens with one attached hydrogen (secondary N) is 1. The third-order valence-corrected chi connectivity index (χ3v) is 3.32. The molecule has 2 aromatic carbocycles. The maximum atomic E-state index is 12.2. The number of carbonyl (C=O) groups is 1. The Labute approximate surface area is 117 Å². The van der Waals surface area contributed by atoms with Crippen LogP contribution < -0.4 is 11.1 Å². The fourth-order valence-electron chi connectivity index (χ4n) is 1.79. The molecular formula is C15H15ClN2O. The lowest BCUT2D eigenvalue weighted by molar-refractivity contribution is 0.102. The van der Waals surface area contributed by atoms with Crippen LogP contribution in [-0.4, -0.2) is 5.91 Å². The number of hydrogen-bond donors (Lipinski definition) is 2. The Hall–Kier alpha value is -1.84. The molecule has 0 aliphatic rings. The molecule has 0 bridgehead atoms. The smallest absolute Gasteiger partial charge is 0.255 e. The van der Waals surface area contributed by atoms with Crippen molar-refractivity contribution in [1.29, 1.82) is 0 Å². The number of anilines is 1. The molecule has 0 atom stereocenters. The third kappa shape index (κ3) is 3.13. The van der Waals surface area contributed by atoms with Gasteiger partial charge in [-0.15, -0.1) is 0 Å². The molecule has 0 aliphatic heterocycles. The molecule has 0 fully saturated rings. The van der Waals surface area contributed by atoms with Gasteiger partial charge in [0.25, 0.3) is 5.91 Å². The van der Waals surface area contributed by atoms with Crippen LogP contribution in [0.25, 0.3) is 0 Å². The Morgan fingerprint density at radius 1 is 1.26 bits per heavy atom. The van der Waals surface area contributed by atoms with Crippen LogP contribution >= 0.6 is 11.6 Å². The van der Waals surface area contributed by atoms with E-state index < -0.39 is 0 Å². The van der Waals surface area contributed by atoms with Gasteiger partial charge in [0.05, 0.1) is 0 Å². The Bertz CT molecular complexity index is 611. The van der Waals surface area contributed by atoms with Crippen molar-refractivity contribution in [1.82, 2.24) is 0 Å². The highest BCUT2D eigenvalue weighted by Gasteiger charge is 2.10. The highest BCUT2D eigenvalue weighted by molar-refractivity contribution is 6.31. The molecule has 2 rings (SSSR count). The van der Waals surface area contributed by atoms with Crippen LogP contribution in [0.15, 0.2) is 42.5 Å². The van der Waals surface area contributed by atoms with Crippen LogP contribution in [0.4, 0.5) is 5.69 Å². The molecular weight excluding hydrogens is 260 g/mol. The Kier molecular flexibility index (Phi) is 4.20. The normalized spacial score (nSPS) is 10.3. The van der Waals surface area contributed by atoms with Crippen LogP contribution in [0.5, 0.6) is 0 Å². The molecule has 1 amide bonds. The summed E-state index contributed by atoms with van der Waals surface area (Å²) in [6, 6.07) is 12.7.